The lowest BCUT2D eigenvalue weighted by Gasteiger charge is -2.33. The van der Waals surface area contributed by atoms with Crippen molar-refractivity contribution >= 4 is 29.7 Å². The topological polar surface area (TPSA) is 112 Å². The van der Waals surface area contributed by atoms with Crippen molar-refractivity contribution in [2.75, 3.05) is 18.4 Å². The van der Waals surface area contributed by atoms with E-state index in [0.717, 1.165) is 43.0 Å². The standard InChI is InChI=1S/C25H32N6O2/c1-16(2)31-11-9-18(10-12-31)25(33)30-19-6-3-5-17(13-19)14-27-24-21-8-4-7-20(23(26)32)22(21)28-15-29-24/h3-8,13,15-16,18,21-22H,9-12,14H2,1-2H3,(H2,26,32)(H,30,33)(H,27,28,29). The number of amidine groups is 1. The molecule has 2 amide bonds. The maximum absolute atomic E-state index is 12.8. The molecule has 4 N–H and O–H groups in total. The van der Waals surface area contributed by atoms with Crippen LogP contribution in [0.4, 0.5) is 5.69 Å². The van der Waals surface area contributed by atoms with Gasteiger partial charge in [-0.25, -0.2) is 0 Å². The third-order valence-electron chi connectivity index (χ3n) is 6.56. The molecule has 4 rings (SSSR count). The van der Waals surface area contributed by atoms with Crippen LogP contribution in [0.25, 0.3) is 0 Å². The lowest BCUT2D eigenvalue weighted by molar-refractivity contribution is -0.121. The average molecular weight is 449 g/mol. The fraction of sp³-hybridized carbons (Fsp3) is 0.440. The van der Waals surface area contributed by atoms with Crippen molar-refractivity contribution in [2.24, 2.45) is 27.6 Å². The molecule has 8 heteroatoms. The van der Waals surface area contributed by atoms with Crippen LogP contribution in [-0.4, -0.2) is 54.1 Å². The van der Waals surface area contributed by atoms with Crippen LogP contribution in [0, 0.1) is 11.8 Å². The van der Waals surface area contributed by atoms with Gasteiger partial charge in [0.2, 0.25) is 11.8 Å². The number of piperidine rings is 1. The summed E-state index contributed by atoms with van der Waals surface area (Å²) in [5.74, 6) is 0.266. The minimum Gasteiger partial charge on any atom is -0.366 e. The highest BCUT2D eigenvalue weighted by Gasteiger charge is 2.33. The van der Waals surface area contributed by atoms with E-state index in [2.05, 4.69) is 34.4 Å². The molecule has 33 heavy (non-hydrogen) atoms. The van der Waals surface area contributed by atoms with Crippen LogP contribution in [0.5, 0.6) is 0 Å². The molecule has 1 fully saturated rings. The summed E-state index contributed by atoms with van der Waals surface area (Å²) in [4.78, 5) is 36.0. The number of amides is 2. The molecule has 1 aliphatic carbocycles. The highest BCUT2D eigenvalue weighted by molar-refractivity contribution is 6.02. The number of rotatable bonds is 6. The molecule has 0 spiro atoms. The number of likely N-dealkylation sites (tertiary alicyclic amines) is 1. The predicted molar refractivity (Wildman–Crippen MR) is 131 cm³/mol. The molecular formula is C25H32N6O2. The molecule has 2 atom stereocenters. The molecule has 2 unspecified atom stereocenters. The number of allylic oxidation sites excluding steroid dienone is 2. The molecule has 0 aromatic heterocycles. The number of hydrogen-bond acceptors (Lipinski definition) is 5. The summed E-state index contributed by atoms with van der Waals surface area (Å²) in [5, 5.41) is 6.19. The van der Waals surface area contributed by atoms with E-state index in [4.69, 9.17) is 10.7 Å². The van der Waals surface area contributed by atoms with Crippen LogP contribution in [0.2, 0.25) is 0 Å². The van der Waals surface area contributed by atoms with Crippen molar-refractivity contribution in [1.29, 1.82) is 0 Å². The third-order valence-corrected chi connectivity index (χ3v) is 6.56. The molecule has 0 saturated carbocycles. The van der Waals surface area contributed by atoms with Crippen molar-refractivity contribution in [3.63, 3.8) is 0 Å². The maximum atomic E-state index is 12.8. The zero-order valence-electron chi connectivity index (χ0n) is 19.2. The van der Waals surface area contributed by atoms with Crippen molar-refractivity contribution in [3.8, 4) is 0 Å². The van der Waals surface area contributed by atoms with E-state index in [9.17, 15) is 9.59 Å². The zero-order chi connectivity index (χ0) is 23.4. The Hall–Kier alpha value is -3.26. The SMILES string of the molecule is CC(C)N1CCC(C(=O)Nc2cccc(CN=C3NC=NC4C(C(N)=O)=CC=CC34)c2)CC1. The summed E-state index contributed by atoms with van der Waals surface area (Å²) in [7, 11) is 0. The van der Waals surface area contributed by atoms with Gasteiger partial charge in [0.05, 0.1) is 24.8 Å². The largest absolute Gasteiger partial charge is 0.366 e. The summed E-state index contributed by atoms with van der Waals surface area (Å²) in [5.41, 5.74) is 7.76. The van der Waals surface area contributed by atoms with Gasteiger partial charge in [-0.2, -0.15) is 0 Å². The molecule has 8 nitrogen and oxygen atoms in total. The Labute approximate surface area is 194 Å². The van der Waals surface area contributed by atoms with Crippen LogP contribution in [-0.2, 0) is 16.1 Å². The van der Waals surface area contributed by atoms with Gasteiger partial charge in [0, 0.05) is 23.2 Å². The van der Waals surface area contributed by atoms with Gasteiger partial charge in [-0.1, -0.05) is 30.4 Å². The second kappa shape index (κ2) is 10.1. The minimum absolute atomic E-state index is 0.0529. The van der Waals surface area contributed by atoms with Gasteiger partial charge in [-0.3, -0.25) is 19.6 Å². The summed E-state index contributed by atoms with van der Waals surface area (Å²) in [6, 6.07) is 7.97. The molecule has 1 aromatic rings. The fourth-order valence-electron chi connectivity index (χ4n) is 4.60. The monoisotopic (exact) mass is 448 g/mol. The third kappa shape index (κ3) is 5.39. The van der Waals surface area contributed by atoms with Crippen LogP contribution in [0.3, 0.4) is 0 Å². The molecule has 1 saturated heterocycles. The lowest BCUT2D eigenvalue weighted by atomic mass is 9.86. The maximum Gasteiger partial charge on any atom is 0.246 e. The van der Waals surface area contributed by atoms with E-state index in [1.54, 1.807) is 12.4 Å². The van der Waals surface area contributed by atoms with Crippen molar-refractivity contribution in [3.05, 3.63) is 53.6 Å². The van der Waals surface area contributed by atoms with E-state index in [0.29, 0.717) is 18.2 Å². The zero-order valence-corrected chi connectivity index (χ0v) is 19.2. The Bertz CT molecular complexity index is 1020. The molecule has 174 valence electrons. The molecule has 3 aliphatic rings. The smallest absolute Gasteiger partial charge is 0.246 e. The molecule has 1 aromatic carbocycles. The highest BCUT2D eigenvalue weighted by atomic mass is 16.2. The Balaban J connectivity index is 1.38. The Morgan fingerprint density at radius 3 is 2.82 bits per heavy atom. The number of carbonyl (C=O) groups excluding carboxylic acids is 2. The number of nitrogens with one attached hydrogen (secondary N) is 2. The average Bonchev–Trinajstić information content (AvgIpc) is 2.82. The number of aliphatic imine (C=N–C) groups is 2. The lowest BCUT2D eigenvalue weighted by Crippen LogP contribution is -2.44. The first-order valence-corrected chi connectivity index (χ1v) is 11.6. The fourth-order valence-corrected chi connectivity index (χ4v) is 4.60. The number of carbonyl (C=O) groups is 2. The molecular weight excluding hydrogens is 416 g/mol. The first-order valence-electron chi connectivity index (χ1n) is 11.6. The van der Waals surface area contributed by atoms with Gasteiger partial charge in [0.1, 0.15) is 5.84 Å². The minimum atomic E-state index is -0.467. The van der Waals surface area contributed by atoms with Crippen molar-refractivity contribution < 1.29 is 9.59 Å². The van der Waals surface area contributed by atoms with Crippen LogP contribution >= 0.6 is 0 Å². The van der Waals surface area contributed by atoms with Gasteiger partial charge in [-0.05, 0) is 57.5 Å². The molecule has 2 aliphatic heterocycles. The van der Waals surface area contributed by atoms with Crippen LogP contribution < -0.4 is 16.4 Å². The summed E-state index contributed by atoms with van der Waals surface area (Å²) in [6.07, 6.45) is 8.85. The van der Waals surface area contributed by atoms with Crippen molar-refractivity contribution in [1.82, 2.24) is 10.2 Å². The predicted octanol–water partition coefficient (Wildman–Crippen LogP) is 2.24. The highest BCUT2D eigenvalue weighted by Crippen LogP contribution is 2.26. The number of nitrogens with zero attached hydrogens (tertiary/aromatic N) is 3. The number of primary amides is 1. The number of fused-ring (bicyclic) bond motifs is 1. The summed E-state index contributed by atoms with van der Waals surface area (Å²) >= 11 is 0. The van der Waals surface area contributed by atoms with Gasteiger partial charge in [-0.15, -0.1) is 0 Å². The number of hydrogen-bond donors (Lipinski definition) is 3. The number of nitrogens with two attached hydrogens (primary N) is 1. The van der Waals surface area contributed by atoms with Gasteiger partial charge >= 0.3 is 0 Å². The van der Waals surface area contributed by atoms with E-state index < -0.39 is 5.91 Å². The van der Waals surface area contributed by atoms with Crippen molar-refractivity contribution in [2.45, 2.75) is 45.3 Å². The van der Waals surface area contributed by atoms with Crippen LogP contribution in [0.1, 0.15) is 32.3 Å². The van der Waals surface area contributed by atoms with Gasteiger partial charge in [0.25, 0.3) is 0 Å². The summed E-state index contributed by atoms with van der Waals surface area (Å²) in [6.45, 7) is 6.77. The molecule has 0 radical (unpaired) electrons. The quantitative estimate of drug-likeness (QED) is 0.619. The number of anilines is 1. The van der Waals surface area contributed by atoms with E-state index >= 15 is 0 Å². The van der Waals surface area contributed by atoms with Crippen LogP contribution in [0.15, 0.2) is 58.1 Å². The Morgan fingerprint density at radius 1 is 1.30 bits per heavy atom. The molecule has 2 heterocycles. The van der Waals surface area contributed by atoms with E-state index in [1.807, 2.05) is 36.4 Å². The van der Waals surface area contributed by atoms with E-state index in [-0.39, 0.29) is 23.8 Å². The second-order valence-corrected chi connectivity index (χ2v) is 9.06. The number of benzene rings is 1. The second-order valence-electron chi connectivity index (χ2n) is 9.06. The van der Waals surface area contributed by atoms with Gasteiger partial charge < -0.3 is 21.3 Å². The molecule has 0 bridgehead atoms. The Morgan fingerprint density at radius 2 is 2.09 bits per heavy atom. The normalized spacial score (nSPS) is 24.3. The first-order chi connectivity index (χ1) is 15.9. The van der Waals surface area contributed by atoms with E-state index in [1.165, 1.54) is 0 Å². The Kier molecular flexibility index (Phi) is 7.03. The van der Waals surface area contributed by atoms with Gasteiger partial charge in [0.15, 0.2) is 0 Å². The summed E-state index contributed by atoms with van der Waals surface area (Å²) < 4.78 is 0. The first kappa shape index (κ1) is 22.9.